The summed E-state index contributed by atoms with van der Waals surface area (Å²) in [5.74, 6) is 1.84. The van der Waals surface area contributed by atoms with Crippen LogP contribution in [0.2, 0.25) is 0 Å². The summed E-state index contributed by atoms with van der Waals surface area (Å²) in [6.45, 7) is 5.89. The van der Waals surface area contributed by atoms with Crippen LogP contribution in [0.15, 0.2) is 59.1 Å². The lowest BCUT2D eigenvalue weighted by Crippen LogP contribution is -2.40. The lowest BCUT2D eigenvalue weighted by molar-refractivity contribution is -0.122. The van der Waals surface area contributed by atoms with E-state index in [0.29, 0.717) is 24.7 Å². The van der Waals surface area contributed by atoms with Gasteiger partial charge in [0.05, 0.1) is 6.61 Å². The molecule has 0 saturated carbocycles. The highest BCUT2D eigenvalue weighted by Crippen LogP contribution is 2.31. The quantitative estimate of drug-likeness (QED) is 0.685. The van der Waals surface area contributed by atoms with Crippen molar-refractivity contribution in [1.82, 2.24) is 10.1 Å². The van der Waals surface area contributed by atoms with E-state index in [-0.39, 0.29) is 5.91 Å². The molecule has 150 valence electrons. The molecule has 1 aliphatic rings. The van der Waals surface area contributed by atoms with Gasteiger partial charge in [-0.1, -0.05) is 41.6 Å². The van der Waals surface area contributed by atoms with Crippen molar-refractivity contribution in [3.8, 4) is 5.75 Å². The molecule has 4 rings (SSSR count). The van der Waals surface area contributed by atoms with Crippen LogP contribution in [0.5, 0.6) is 5.75 Å². The highest BCUT2D eigenvalue weighted by Gasteiger charge is 2.31. The number of carbonyl (C=O) groups excluding carboxylic acids is 1. The summed E-state index contributed by atoms with van der Waals surface area (Å²) in [6.07, 6.45) is 0.890. The van der Waals surface area contributed by atoms with E-state index in [2.05, 4.69) is 27.5 Å². The Morgan fingerprint density at radius 1 is 1.21 bits per heavy atom. The van der Waals surface area contributed by atoms with Gasteiger partial charge < -0.3 is 14.6 Å². The van der Waals surface area contributed by atoms with Gasteiger partial charge >= 0.3 is 0 Å². The van der Waals surface area contributed by atoms with Gasteiger partial charge in [0.25, 0.3) is 0 Å². The van der Waals surface area contributed by atoms with E-state index in [9.17, 15) is 4.79 Å². The van der Waals surface area contributed by atoms with Crippen LogP contribution in [0.4, 0.5) is 5.82 Å². The van der Waals surface area contributed by atoms with Gasteiger partial charge in [0, 0.05) is 19.2 Å². The molecule has 0 fully saturated rings. The number of rotatable bonds is 6. The number of benzene rings is 2. The van der Waals surface area contributed by atoms with Crippen molar-refractivity contribution < 1.29 is 14.1 Å². The third-order valence-electron chi connectivity index (χ3n) is 5.14. The molecule has 0 radical (unpaired) electrons. The number of aryl methyl sites for hydroxylation is 1. The van der Waals surface area contributed by atoms with Crippen LogP contribution in [-0.4, -0.2) is 29.1 Å². The Bertz CT molecular complexity index is 984. The van der Waals surface area contributed by atoms with Crippen molar-refractivity contribution in [3.63, 3.8) is 0 Å². The predicted molar refractivity (Wildman–Crippen MR) is 111 cm³/mol. The van der Waals surface area contributed by atoms with Crippen LogP contribution >= 0.6 is 0 Å². The number of nitrogens with one attached hydrogen (secondary N) is 1. The molecule has 0 bridgehead atoms. The summed E-state index contributed by atoms with van der Waals surface area (Å²) in [6, 6.07) is 17.4. The van der Waals surface area contributed by atoms with Gasteiger partial charge in [-0.25, -0.2) is 0 Å². The van der Waals surface area contributed by atoms with Gasteiger partial charge in [0.1, 0.15) is 17.6 Å². The van der Waals surface area contributed by atoms with Crippen molar-refractivity contribution in [2.75, 3.05) is 18.5 Å². The summed E-state index contributed by atoms with van der Waals surface area (Å²) in [5.41, 5.74) is 3.46. The summed E-state index contributed by atoms with van der Waals surface area (Å²) in [7, 11) is 0. The van der Waals surface area contributed by atoms with Crippen LogP contribution < -0.4 is 10.1 Å². The molecule has 6 nitrogen and oxygen atoms in total. The Kier molecular flexibility index (Phi) is 5.62. The smallest absolute Gasteiger partial charge is 0.247 e. The van der Waals surface area contributed by atoms with E-state index in [1.807, 2.05) is 43.3 Å². The standard InChI is InChI=1S/C23H25N3O3/c1-3-28-20-10-9-17-11-12-26(15-19(17)14-20)22(18-7-5-4-6-8-18)23(27)24-21-13-16(2)29-25-21/h4-10,13-14,22H,3,11-12,15H2,1-2H3,(H,24,25,27). The van der Waals surface area contributed by atoms with Gasteiger partial charge in [0.15, 0.2) is 5.82 Å². The van der Waals surface area contributed by atoms with E-state index in [0.717, 1.165) is 24.3 Å². The third kappa shape index (κ3) is 4.32. The molecule has 1 aromatic heterocycles. The molecule has 2 heterocycles. The maximum absolute atomic E-state index is 13.2. The number of hydrogen-bond acceptors (Lipinski definition) is 5. The molecule has 0 saturated heterocycles. The number of hydrogen-bond donors (Lipinski definition) is 1. The van der Waals surface area contributed by atoms with Crippen LogP contribution in [0.25, 0.3) is 0 Å². The van der Waals surface area contributed by atoms with Crippen LogP contribution in [-0.2, 0) is 17.8 Å². The zero-order chi connectivity index (χ0) is 20.2. The molecule has 0 aliphatic carbocycles. The maximum Gasteiger partial charge on any atom is 0.247 e. The number of nitrogens with zero attached hydrogens (tertiary/aromatic N) is 2. The first-order chi connectivity index (χ1) is 14.1. The van der Waals surface area contributed by atoms with Crippen molar-refractivity contribution in [3.05, 3.63) is 77.0 Å². The molecular formula is C23H25N3O3. The molecule has 1 N–H and O–H groups in total. The zero-order valence-electron chi connectivity index (χ0n) is 16.7. The second-order valence-corrected chi connectivity index (χ2v) is 7.21. The first-order valence-corrected chi connectivity index (χ1v) is 9.92. The van der Waals surface area contributed by atoms with E-state index in [1.165, 1.54) is 11.1 Å². The average molecular weight is 391 g/mol. The fourth-order valence-corrected chi connectivity index (χ4v) is 3.82. The van der Waals surface area contributed by atoms with Gasteiger partial charge in [-0.2, -0.15) is 0 Å². The van der Waals surface area contributed by atoms with Crippen LogP contribution in [0.3, 0.4) is 0 Å². The fraction of sp³-hybridized carbons (Fsp3) is 0.304. The maximum atomic E-state index is 13.2. The molecular weight excluding hydrogens is 366 g/mol. The first-order valence-electron chi connectivity index (χ1n) is 9.92. The number of anilines is 1. The number of fused-ring (bicyclic) bond motifs is 1. The monoisotopic (exact) mass is 391 g/mol. The molecule has 1 atom stereocenters. The van der Waals surface area contributed by atoms with E-state index < -0.39 is 6.04 Å². The molecule has 1 aliphatic heterocycles. The lowest BCUT2D eigenvalue weighted by Gasteiger charge is -2.35. The molecule has 2 aromatic carbocycles. The second kappa shape index (κ2) is 8.49. The van der Waals surface area contributed by atoms with Crippen molar-refractivity contribution >= 4 is 11.7 Å². The van der Waals surface area contributed by atoms with Crippen LogP contribution in [0.1, 0.15) is 35.4 Å². The van der Waals surface area contributed by atoms with Crippen molar-refractivity contribution in [1.29, 1.82) is 0 Å². The molecule has 3 aromatic rings. The van der Waals surface area contributed by atoms with E-state index in [1.54, 1.807) is 13.0 Å². The van der Waals surface area contributed by atoms with Crippen LogP contribution in [0, 0.1) is 6.92 Å². The number of aromatic nitrogens is 1. The number of ether oxygens (including phenoxy) is 1. The fourth-order valence-electron chi connectivity index (χ4n) is 3.82. The predicted octanol–water partition coefficient (Wildman–Crippen LogP) is 4.12. The molecule has 29 heavy (non-hydrogen) atoms. The summed E-state index contributed by atoms with van der Waals surface area (Å²) >= 11 is 0. The minimum absolute atomic E-state index is 0.117. The van der Waals surface area contributed by atoms with Gasteiger partial charge in [-0.3, -0.25) is 9.69 Å². The topological polar surface area (TPSA) is 67.6 Å². The lowest BCUT2D eigenvalue weighted by atomic mass is 9.95. The summed E-state index contributed by atoms with van der Waals surface area (Å²) < 4.78 is 10.8. The summed E-state index contributed by atoms with van der Waals surface area (Å²) in [5, 5.41) is 6.81. The number of carbonyl (C=O) groups is 1. The Hall–Kier alpha value is -3.12. The van der Waals surface area contributed by atoms with E-state index in [4.69, 9.17) is 9.26 Å². The Labute approximate surface area is 170 Å². The molecule has 6 heteroatoms. The minimum atomic E-state index is -0.419. The molecule has 1 amide bonds. The molecule has 1 unspecified atom stereocenters. The highest BCUT2D eigenvalue weighted by atomic mass is 16.5. The highest BCUT2D eigenvalue weighted by molar-refractivity contribution is 5.94. The Morgan fingerprint density at radius 3 is 2.76 bits per heavy atom. The van der Waals surface area contributed by atoms with Gasteiger partial charge in [0.2, 0.25) is 5.91 Å². The van der Waals surface area contributed by atoms with E-state index >= 15 is 0 Å². The zero-order valence-corrected chi connectivity index (χ0v) is 16.7. The molecule has 0 spiro atoms. The normalized spacial score (nSPS) is 14.8. The minimum Gasteiger partial charge on any atom is -0.494 e. The summed E-state index contributed by atoms with van der Waals surface area (Å²) in [4.78, 5) is 15.4. The SMILES string of the molecule is CCOc1ccc2c(c1)CN(C(C(=O)Nc1cc(C)on1)c1ccccc1)CC2. The Morgan fingerprint density at radius 2 is 2.03 bits per heavy atom. The van der Waals surface area contributed by atoms with Crippen molar-refractivity contribution in [2.45, 2.75) is 32.9 Å². The van der Waals surface area contributed by atoms with Gasteiger partial charge in [-0.05, 0) is 49.1 Å². The van der Waals surface area contributed by atoms with Gasteiger partial charge in [-0.15, -0.1) is 0 Å². The van der Waals surface area contributed by atoms with Crippen molar-refractivity contribution in [2.24, 2.45) is 0 Å². The Balaban J connectivity index is 1.61. The first kappa shape index (κ1) is 19.2. The largest absolute Gasteiger partial charge is 0.494 e. The number of amides is 1. The third-order valence-corrected chi connectivity index (χ3v) is 5.14. The average Bonchev–Trinajstić information content (AvgIpc) is 3.13. The second-order valence-electron chi connectivity index (χ2n) is 7.21.